The lowest BCUT2D eigenvalue weighted by molar-refractivity contribution is 0.764. The highest BCUT2D eigenvalue weighted by Gasteiger charge is 2.10. The molecule has 0 fully saturated rings. The molecule has 0 aliphatic carbocycles. The molecular weight excluding hydrogens is 324 g/mol. The summed E-state index contributed by atoms with van der Waals surface area (Å²) in [6, 6.07) is 0.407. The Morgan fingerprint density at radius 2 is 2.05 bits per heavy atom. The first kappa shape index (κ1) is 16.6. The Labute approximate surface area is 128 Å². The molecule has 1 atom stereocenters. The molecule has 19 heavy (non-hydrogen) atoms. The van der Waals surface area contributed by atoms with E-state index in [0.717, 1.165) is 35.5 Å². The monoisotopic (exact) mass is 346 g/mol. The number of hydrogen-bond acceptors (Lipinski definition) is 5. The topological polar surface area (TPSA) is 49.8 Å². The standard InChI is InChI=1S/C13H23BrN4S/c1-4-7-15-12-11(14)13(17-9-16-12)18-10(3)6-8-19-5-2/h9-10H,4-8H2,1-3H3,(H2,15,16,17,18). The van der Waals surface area contributed by atoms with E-state index in [4.69, 9.17) is 0 Å². The number of halogens is 1. The van der Waals surface area contributed by atoms with Crippen molar-refractivity contribution in [2.45, 2.75) is 39.7 Å². The van der Waals surface area contributed by atoms with E-state index in [9.17, 15) is 0 Å². The minimum atomic E-state index is 0.407. The van der Waals surface area contributed by atoms with Gasteiger partial charge in [-0.1, -0.05) is 13.8 Å². The molecule has 1 unspecified atom stereocenters. The minimum Gasteiger partial charge on any atom is -0.369 e. The fourth-order valence-electron chi connectivity index (χ4n) is 1.55. The van der Waals surface area contributed by atoms with E-state index in [1.807, 2.05) is 11.8 Å². The SMILES string of the molecule is CCCNc1ncnc(NC(C)CCSCC)c1Br. The van der Waals surface area contributed by atoms with Crippen LogP contribution in [0.3, 0.4) is 0 Å². The van der Waals surface area contributed by atoms with Crippen LogP contribution in [0.1, 0.15) is 33.6 Å². The van der Waals surface area contributed by atoms with Gasteiger partial charge in [0.1, 0.15) is 22.4 Å². The normalized spacial score (nSPS) is 12.2. The zero-order valence-corrected chi connectivity index (χ0v) is 14.3. The van der Waals surface area contributed by atoms with Crippen LogP contribution < -0.4 is 10.6 Å². The van der Waals surface area contributed by atoms with Crippen molar-refractivity contribution in [3.8, 4) is 0 Å². The fraction of sp³-hybridized carbons (Fsp3) is 0.692. The predicted molar refractivity (Wildman–Crippen MR) is 89.2 cm³/mol. The Morgan fingerprint density at radius 3 is 2.74 bits per heavy atom. The van der Waals surface area contributed by atoms with Crippen molar-refractivity contribution in [3.63, 3.8) is 0 Å². The van der Waals surface area contributed by atoms with Gasteiger partial charge in [-0.3, -0.25) is 0 Å². The largest absolute Gasteiger partial charge is 0.369 e. The van der Waals surface area contributed by atoms with Crippen molar-refractivity contribution < 1.29 is 0 Å². The van der Waals surface area contributed by atoms with Crippen molar-refractivity contribution >= 4 is 39.3 Å². The van der Waals surface area contributed by atoms with E-state index < -0.39 is 0 Å². The van der Waals surface area contributed by atoms with Gasteiger partial charge in [-0.2, -0.15) is 11.8 Å². The summed E-state index contributed by atoms with van der Waals surface area (Å²) in [5.74, 6) is 4.07. The highest BCUT2D eigenvalue weighted by atomic mass is 79.9. The van der Waals surface area contributed by atoms with Gasteiger partial charge < -0.3 is 10.6 Å². The molecule has 0 amide bonds. The molecule has 0 aliphatic heterocycles. The van der Waals surface area contributed by atoms with Crippen molar-refractivity contribution in [3.05, 3.63) is 10.8 Å². The summed E-state index contributed by atoms with van der Waals surface area (Å²) in [6.07, 6.45) is 3.80. The van der Waals surface area contributed by atoms with Gasteiger partial charge in [0.25, 0.3) is 0 Å². The first-order chi connectivity index (χ1) is 9.19. The second-order valence-corrected chi connectivity index (χ2v) is 6.53. The number of thioether (sulfide) groups is 1. The van der Waals surface area contributed by atoms with Gasteiger partial charge in [0, 0.05) is 12.6 Å². The number of hydrogen-bond donors (Lipinski definition) is 2. The summed E-state index contributed by atoms with van der Waals surface area (Å²) < 4.78 is 0.915. The second-order valence-electron chi connectivity index (χ2n) is 4.34. The van der Waals surface area contributed by atoms with E-state index in [1.165, 1.54) is 11.5 Å². The number of aromatic nitrogens is 2. The van der Waals surface area contributed by atoms with Gasteiger partial charge in [0.2, 0.25) is 0 Å². The van der Waals surface area contributed by atoms with E-state index in [1.54, 1.807) is 6.33 Å². The van der Waals surface area contributed by atoms with E-state index in [0.29, 0.717) is 6.04 Å². The van der Waals surface area contributed by atoms with Gasteiger partial charge in [0.15, 0.2) is 0 Å². The Balaban J connectivity index is 2.57. The van der Waals surface area contributed by atoms with Crippen LogP contribution in [0.2, 0.25) is 0 Å². The Bertz CT molecular complexity index is 376. The molecular formula is C13H23BrN4S. The molecule has 0 radical (unpaired) electrons. The van der Waals surface area contributed by atoms with Gasteiger partial charge in [-0.25, -0.2) is 9.97 Å². The highest BCUT2D eigenvalue weighted by Crippen LogP contribution is 2.27. The summed E-state index contributed by atoms with van der Waals surface area (Å²) in [4.78, 5) is 8.55. The minimum absolute atomic E-state index is 0.407. The van der Waals surface area contributed by atoms with Crippen LogP contribution in [0.15, 0.2) is 10.8 Å². The average Bonchev–Trinajstić information content (AvgIpc) is 2.40. The van der Waals surface area contributed by atoms with Crippen molar-refractivity contribution in [2.75, 3.05) is 28.7 Å². The maximum atomic E-state index is 4.30. The van der Waals surface area contributed by atoms with Crippen LogP contribution in [0, 0.1) is 0 Å². The number of rotatable bonds is 9. The molecule has 0 aromatic carbocycles. The number of nitrogens with zero attached hydrogens (tertiary/aromatic N) is 2. The highest BCUT2D eigenvalue weighted by molar-refractivity contribution is 9.10. The third kappa shape index (κ3) is 5.99. The van der Waals surface area contributed by atoms with Gasteiger partial charge in [0.05, 0.1) is 0 Å². The maximum Gasteiger partial charge on any atom is 0.146 e. The third-order valence-electron chi connectivity index (χ3n) is 2.61. The molecule has 1 rings (SSSR count). The number of nitrogens with one attached hydrogen (secondary N) is 2. The van der Waals surface area contributed by atoms with E-state index in [-0.39, 0.29) is 0 Å². The van der Waals surface area contributed by atoms with E-state index >= 15 is 0 Å². The maximum absolute atomic E-state index is 4.30. The van der Waals surface area contributed by atoms with Crippen LogP contribution in [0.5, 0.6) is 0 Å². The molecule has 2 N–H and O–H groups in total. The Morgan fingerprint density at radius 1 is 1.32 bits per heavy atom. The van der Waals surface area contributed by atoms with Crippen LogP contribution in [-0.4, -0.2) is 34.1 Å². The van der Waals surface area contributed by atoms with Crippen molar-refractivity contribution in [1.29, 1.82) is 0 Å². The first-order valence-electron chi connectivity index (χ1n) is 6.77. The Kier molecular flexibility index (Phi) is 8.21. The van der Waals surface area contributed by atoms with Crippen LogP contribution >= 0.6 is 27.7 Å². The molecule has 4 nitrogen and oxygen atoms in total. The molecule has 0 bridgehead atoms. The zero-order chi connectivity index (χ0) is 14.1. The molecule has 0 saturated heterocycles. The lowest BCUT2D eigenvalue weighted by Gasteiger charge is -2.16. The van der Waals surface area contributed by atoms with Crippen molar-refractivity contribution in [2.24, 2.45) is 0 Å². The lowest BCUT2D eigenvalue weighted by atomic mass is 10.2. The van der Waals surface area contributed by atoms with Crippen LogP contribution in [-0.2, 0) is 0 Å². The summed E-state index contributed by atoms with van der Waals surface area (Å²) in [7, 11) is 0. The van der Waals surface area contributed by atoms with Gasteiger partial charge in [-0.15, -0.1) is 0 Å². The van der Waals surface area contributed by atoms with Crippen LogP contribution in [0.25, 0.3) is 0 Å². The average molecular weight is 347 g/mol. The zero-order valence-electron chi connectivity index (χ0n) is 11.9. The third-order valence-corrected chi connectivity index (χ3v) is 4.30. The Hall–Kier alpha value is -0.490. The summed E-state index contributed by atoms with van der Waals surface area (Å²) in [6.45, 7) is 7.42. The van der Waals surface area contributed by atoms with Gasteiger partial charge >= 0.3 is 0 Å². The fourth-order valence-corrected chi connectivity index (χ4v) is 2.82. The molecule has 1 heterocycles. The molecule has 108 valence electrons. The quantitative estimate of drug-likeness (QED) is 0.661. The molecule has 6 heteroatoms. The molecule has 1 aromatic heterocycles. The smallest absolute Gasteiger partial charge is 0.146 e. The molecule has 0 spiro atoms. The lowest BCUT2D eigenvalue weighted by Crippen LogP contribution is -2.18. The molecule has 0 saturated carbocycles. The summed E-state index contributed by atoms with van der Waals surface area (Å²) in [5.41, 5.74) is 0. The first-order valence-corrected chi connectivity index (χ1v) is 8.72. The summed E-state index contributed by atoms with van der Waals surface area (Å²) >= 11 is 5.54. The van der Waals surface area contributed by atoms with Crippen LogP contribution in [0.4, 0.5) is 11.6 Å². The predicted octanol–water partition coefficient (Wildman–Crippen LogP) is 4.00. The van der Waals surface area contributed by atoms with E-state index in [2.05, 4.69) is 57.3 Å². The second kappa shape index (κ2) is 9.42. The molecule has 1 aromatic rings. The molecule has 0 aliphatic rings. The number of anilines is 2. The van der Waals surface area contributed by atoms with Gasteiger partial charge in [-0.05, 0) is 47.2 Å². The summed E-state index contributed by atoms with van der Waals surface area (Å²) in [5, 5.41) is 6.72. The van der Waals surface area contributed by atoms with Crippen molar-refractivity contribution in [1.82, 2.24) is 9.97 Å².